The van der Waals surface area contributed by atoms with Crippen molar-refractivity contribution in [2.24, 2.45) is 0 Å². The lowest BCUT2D eigenvalue weighted by Crippen LogP contribution is -2.54. The number of carbonyl (C=O) groups is 1. The molecule has 120 valence electrons. The van der Waals surface area contributed by atoms with Gasteiger partial charge in [0.05, 0.1) is 0 Å². The number of aliphatic carboxylic acids is 1. The van der Waals surface area contributed by atoms with E-state index >= 15 is 0 Å². The lowest BCUT2D eigenvalue weighted by Gasteiger charge is -2.36. The zero-order valence-electron chi connectivity index (χ0n) is 14.4. The number of hydrogen-bond acceptors (Lipinski definition) is 3. The van der Waals surface area contributed by atoms with Crippen molar-refractivity contribution in [3.8, 4) is 0 Å². The molecule has 0 rings (SSSR count). The SMILES string of the molecule is CCC(CCCN(C)C(C)(C)CC)(NC(C)C)C(=O)O. The zero-order valence-corrected chi connectivity index (χ0v) is 14.4. The number of hydrogen-bond donors (Lipinski definition) is 2. The molecule has 0 aromatic heterocycles. The van der Waals surface area contributed by atoms with Gasteiger partial charge >= 0.3 is 5.97 Å². The average Bonchev–Trinajstić information content (AvgIpc) is 2.36. The molecule has 0 saturated heterocycles. The van der Waals surface area contributed by atoms with Gasteiger partial charge in [-0.15, -0.1) is 0 Å². The summed E-state index contributed by atoms with van der Waals surface area (Å²) in [7, 11) is 2.12. The van der Waals surface area contributed by atoms with Crippen molar-refractivity contribution in [3.05, 3.63) is 0 Å². The van der Waals surface area contributed by atoms with E-state index in [9.17, 15) is 9.90 Å². The van der Waals surface area contributed by atoms with E-state index in [1.54, 1.807) is 0 Å². The third kappa shape index (κ3) is 5.41. The summed E-state index contributed by atoms with van der Waals surface area (Å²) >= 11 is 0. The van der Waals surface area contributed by atoms with Gasteiger partial charge in [0.1, 0.15) is 5.54 Å². The van der Waals surface area contributed by atoms with Crippen molar-refractivity contribution in [2.75, 3.05) is 13.6 Å². The van der Waals surface area contributed by atoms with Crippen LogP contribution in [-0.4, -0.2) is 46.7 Å². The lowest BCUT2D eigenvalue weighted by molar-refractivity contribution is -0.146. The van der Waals surface area contributed by atoms with Gasteiger partial charge in [-0.05, 0) is 67.0 Å². The van der Waals surface area contributed by atoms with Gasteiger partial charge in [-0.25, -0.2) is 0 Å². The van der Waals surface area contributed by atoms with Crippen molar-refractivity contribution in [3.63, 3.8) is 0 Å². The molecule has 1 unspecified atom stereocenters. The second-order valence-electron chi connectivity index (χ2n) is 6.73. The molecule has 0 fully saturated rings. The molecule has 1 atom stereocenters. The minimum atomic E-state index is -0.786. The monoisotopic (exact) mass is 286 g/mol. The number of carboxylic acids is 1. The van der Waals surface area contributed by atoms with Gasteiger partial charge in [-0.2, -0.15) is 0 Å². The Morgan fingerprint density at radius 1 is 1.25 bits per heavy atom. The van der Waals surface area contributed by atoms with E-state index in [4.69, 9.17) is 0 Å². The molecule has 0 amide bonds. The van der Waals surface area contributed by atoms with Gasteiger partial charge < -0.3 is 10.0 Å². The number of nitrogens with zero attached hydrogens (tertiary/aromatic N) is 1. The predicted octanol–water partition coefficient (Wildman–Crippen LogP) is 3.12. The molecular formula is C16H34N2O2. The molecule has 0 aliphatic rings. The topological polar surface area (TPSA) is 52.6 Å². The van der Waals surface area contributed by atoms with Crippen LogP contribution in [0.1, 0.15) is 67.2 Å². The maximum absolute atomic E-state index is 11.6. The molecular weight excluding hydrogens is 252 g/mol. The highest BCUT2D eigenvalue weighted by molar-refractivity contribution is 5.78. The van der Waals surface area contributed by atoms with Crippen LogP contribution in [0.2, 0.25) is 0 Å². The van der Waals surface area contributed by atoms with Crippen LogP contribution in [-0.2, 0) is 4.79 Å². The van der Waals surface area contributed by atoms with Crippen LogP contribution >= 0.6 is 0 Å². The first-order chi connectivity index (χ1) is 9.11. The van der Waals surface area contributed by atoms with Crippen LogP contribution in [0.15, 0.2) is 0 Å². The van der Waals surface area contributed by atoms with Crippen molar-refractivity contribution < 1.29 is 9.90 Å². The highest BCUT2D eigenvalue weighted by Gasteiger charge is 2.36. The summed E-state index contributed by atoms with van der Waals surface area (Å²) in [6.45, 7) is 13.5. The van der Waals surface area contributed by atoms with Crippen LogP contribution < -0.4 is 5.32 Å². The van der Waals surface area contributed by atoms with Gasteiger partial charge in [0.2, 0.25) is 0 Å². The predicted molar refractivity (Wildman–Crippen MR) is 85.2 cm³/mol. The van der Waals surface area contributed by atoms with E-state index < -0.39 is 11.5 Å². The van der Waals surface area contributed by atoms with Crippen molar-refractivity contribution in [1.29, 1.82) is 0 Å². The summed E-state index contributed by atoms with van der Waals surface area (Å²) < 4.78 is 0. The Balaban J connectivity index is 4.60. The smallest absolute Gasteiger partial charge is 0.323 e. The van der Waals surface area contributed by atoms with Gasteiger partial charge in [0.25, 0.3) is 0 Å². The highest BCUT2D eigenvalue weighted by atomic mass is 16.4. The van der Waals surface area contributed by atoms with Gasteiger partial charge in [0, 0.05) is 11.6 Å². The minimum Gasteiger partial charge on any atom is -0.480 e. The normalized spacial score (nSPS) is 15.7. The molecule has 0 heterocycles. The van der Waals surface area contributed by atoms with Crippen molar-refractivity contribution in [1.82, 2.24) is 10.2 Å². The fourth-order valence-electron chi connectivity index (χ4n) is 2.41. The van der Waals surface area contributed by atoms with Crippen LogP contribution in [0.25, 0.3) is 0 Å². The lowest BCUT2D eigenvalue weighted by atomic mass is 9.89. The summed E-state index contributed by atoms with van der Waals surface area (Å²) in [6.07, 6.45) is 3.26. The Morgan fingerprint density at radius 3 is 2.15 bits per heavy atom. The second kappa shape index (κ2) is 7.99. The van der Waals surface area contributed by atoms with Crippen molar-refractivity contribution >= 4 is 5.97 Å². The summed E-state index contributed by atoms with van der Waals surface area (Å²) in [5, 5.41) is 12.8. The molecule has 2 N–H and O–H groups in total. The van der Waals surface area contributed by atoms with E-state index in [0.29, 0.717) is 12.8 Å². The molecule has 20 heavy (non-hydrogen) atoms. The molecule has 0 aromatic rings. The maximum atomic E-state index is 11.6. The first-order valence-corrected chi connectivity index (χ1v) is 7.83. The zero-order chi connectivity index (χ0) is 16.0. The fourth-order valence-corrected chi connectivity index (χ4v) is 2.41. The maximum Gasteiger partial charge on any atom is 0.323 e. The van der Waals surface area contributed by atoms with Gasteiger partial charge in [-0.1, -0.05) is 13.8 Å². The summed E-state index contributed by atoms with van der Waals surface area (Å²) in [6, 6.07) is 0.177. The standard InChI is InChI=1S/C16H34N2O2/c1-8-15(5,6)18(7)12-10-11-16(9-2,14(19)20)17-13(3)4/h13,17H,8-12H2,1-7H3,(H,19,20). The Morgan fingerprint density at radius 2 is 1.80 bits per heavy atom. The van der Waals surface area contributed by atoms with Crippen LogP contribution in [0, 0.1) is 0 Å². The highest BCUT2D eigenvalue weighted by Crippen LogP contribution is 2.22. The summed E-state index contributed by atoms with van der Waals surface area (Å²) in [5.74, 6) is -0.730. The first kappa shape index (κ1) is 19.4. The van der Waals surface area contributed by atoms with Gasteiger partial charge in [0.15, 0.2) is 0 Å². The average molecular weight is 286 g/mol. The molecule has 4 nitrogen and oxygen atoms in total. The largest absolute Gasteiger partial charge is 0.480 e. The van der Waals surface area contributed by atoms with Gasteiger partial charge in [-0.3, -0.25) is 10.1 Å². The third-order valence-electron chi connectivity index (χ3n) is 4.57. The quantitative estimate of drug-likeness (QED) is 0.648. The number of rotatable bonds is 10. The summed E-state index contributed by atoms with van der Waals surface area (Å²) in [5.41, 5.74) is -0.616. The minimum absolute atomic E-state index is 0.170. The molecule has 4 heteroatoms. The molecule has 0 saturated carbocycles. The second-order valence-corrected chi connectivity index (χ2v) is 6.73. The Bertz CT molecular complexity index is 303. The summed E-state index contributed by atoms with van der Waals surface area (Å²) in [4.78, 5) is 14.0. The first-order valence-electron chi connectivity index (χ1n) is 7.83. The van der Waals surface area contributed by atoms with E-state index in [0.717, 1.165) is 19.4 Å². The molecule has 0 aliphatic carbocycles. The van der Waals surface area contributed by atoms with Crippen LogP contribution in [0.5, 0.6) is 0 Å². The number of carboxylic acid groups (broad SMARTS) is 1. The number of nitrogens with one attached hydrogen (secondary N) is 1. The van der Waals surface area contributed by atoms with E-state index in [1.165, 1.54) is 0 Å². The molecule has 0 radical (unpaired) electrons. The van der Waals surface area contributed by atoms with E-state index in [-0.39, 0.29) is 11.6 Å². The Kier molecular flexibility index (Phi) is 7.74. The van der Waals surface area contributed by atoms with Crippen LogP contribution in [0.3, 0.4) is 0 Å². The molecule has 0 aromatic carbocycles. The van der Waals surface area contributed by atoms with Crippen molar-refractivity contribution in [2.45, 2.75) is 84.3 Å². The molecule has 0 aliphatic heterocycles. The molecule has 0 spiro atoms. The van der Waals surface area contributed by atoms with E-state index in [1.807, 2.05) is 20.8 Å². The molecule has 0 bridgehead atoms. The van der Waals surface area contributed by atoms with Crippen LogP contribution in [0.4, 0.5) is 0 Å². The fraction of sp³-hybridized carbons (Fsp3) is 0.938. The third-order valence-corrected chi connectivity index (χ3v) is 4.57. The Labute approximate surface area is 124 Å². The van der Waals surface area contributed by atoms with E-state index in [2.05, 4.69) is 38.0 Å². The Hall–Kier alpha value is -0.610.